The molecule has 3 N–H and O–H groups in total. The first-order chi connectivity index (χ1) is 9.87. The van der Waals surface area contributed by atoms with Crippen LogP contribution in [0.25, 0.3) is 0 Å². The monoisotopic (exact) mass is 366 g/mol. The fourth-order valence-corrected chi connectivity index (χ4v) is 2.58. The maximum Gasteiger partial charge on any atom is 0.261 e. The molecule has 22 heavy (non-hydrogen) atoms. The van der Waals surface area contributed by atoms with Crippen molar-refractivity contribution in [3.8, 4) is 5.75 Å². The third-order valence-corrected chi connectivity index (χ3v) is 4.70. The van der Waals surface area contributed by atoms with Crippen LogP contribution in [-0.4, -0.2) is 24.1 Å². The molecule has 0 aromatic heterocycles. The van der Waals surface area contributed by atoms with Gasteiger partial charge < -0.3 is 15.8 Å². The topological polar surface area (TPSA) is 64.3 Å². The summed E-state index contributed by atoms with van der Waals surface area (Å²) >= 11 is 12.0. The summed E-state index contributed by atoms with van der Waals surface area (Å²) in [4.78, 5) is 12.3. The number of halogens is 3. The Bertz CT molecular complexity index is 538. The summed E-state index contributed by atoms with van der Waals surface area (Å²) in [5.41, 5.74) is 5.43. The predicted octanol–water partition coefficient (Wildman–Crippen LogP) is 3.43. The average molecular weight is 368 g/mol. The third kappa shape index (κ3) is 4.42. The van der Waals surface area contributed by atoms with Crippen molar-refractivity contribution < 1.29 is 9.53 Å². The summed E-state index contributed by atoms with van der Waals surface area (Å²) in [7, 11) is 0. The van der Waals surface area contributed by atoms with Crippen molar-refractivity contribution in [1.29, 1.82) is 0 Å². The van der Waals surface area contributed by atoms with Crippen LogP contribution < -0.4 is 15.8 Å². The van der Waals surface area contributed by atoms with Crippen LogP contribution in [0.5, 0.6) is 5.75 Å². The lowest BCUT2D eigenvalue weighted by Gasteiger charge is -2.31. The number of hydrogen-bond acceptors (Lipinski definition) is 3. The predicted molar refractivity (Wildman–Crippen MR) is 92.1 cm³/mol. The molecule has 1 aliphatic carbocycles. The molecule has 2 rings (SSSR count). The second-order valence-corrected chi connectivity index (χ2v) is 6.48. The Hall–Kier alpha value is -0.680. The van der Waals surface area contributed by atoms with E-state index in [2.05, 4.69) is 5.32 Å². The van der Waals surface area contributed by atoms with Gasteiger partial charge in [-0.15, -0.1) is 12.4 Å². The highest BCUT2D eigenvalue weighted by molar-refractivity contribution is 6.42. The number of amides is 1. The molecule has 124 valence electrons. The molecule has 2 unspecified atom stereocenters. The maximum absolute atomic E-state index is 12.3. The minimum Gasteiger partial charge on any atom is -0.479 e. The molecular formula is C15H21Cl3N2O2. The van der Waals surface area contributed by atoms with Crippen molar-refractivity contribution in [1.82, 2.24) is 5.32 Å². The van der Waals surface area contributed by atoms with Gasteiger partial charge in [-0.1, -0.05) is 29.3 Å². The fraction of sp³-hybridized carbons (Fsp3) is 0.533. The van der Waals surface area contributed by atoms with E-state index in [4.69, 9.17) is 33.7 Å². The van der Waals surface area contributed by atoms with Crippen LogP contribution in [0.3, 0.4) is 0 Å². The van der Waals surface area contributed by atoms with Crippen LogP contribution in [0.1, 0.15) is 26.7 Å². The zero-order valence-corrected chi connectivity index (χ0v) is 14.9. The molecule has 0 aliphatic heterocycles. The van der Waals surface area contributed by atoms with Gasteiger partial charge in [-0.05, 0) is 44.7 Å². The van der Waals surface area contributed by atoms with Crippen molar-refractivity contribution in [2.24, 2.45) is 11.7 Å². The normalized spacial score (nSPS) is 17.9. The number of carbonyl (C=O) groups is 1. The molecule has 0 heterocycles. The van der Waals surface area contributed by atoms with Crippen molar-refractivity contribution >= 4 is 41.5 Å². The van der Waals surface area contributed by atoms with E-state index in [-0.39, 0.29) is 23.9 Å². The molecule has 0 bridgehead atoms. The minimum absolute atomic E-state index is 0. The van der Waals surface area contributed by atoms with E-state index in [1.807, 2.05) is 6.92 Å². The highest BCUT2D eigenvalue weighted by Crippen LogP contribution is 2.39. The first-order valence-electron chi connectivity index (χ1n) is 7.00. The van der Waals surface area contributed by atoms with Crippen molar-refractivity contribution in [2.45, 2.75) is 38.3 Å². The number of hydrogen-bond donors (Lipinski definition) is 2. The first kappa shape index (κ1) is 19.4. The Morgan fingerprint density at radius 1 is 1.50 bits per heavy atom. The number of benzene rings is 1. The van der Waals surface area contributed by atoms with E-state index in [0.29, 0.717) is 28.3 Å². The largest absolute Gasteiger partial charge is 0.479 e. The van der Waals surface area contributed by atoms with Gasteiger partial charge in [-0.25, -0.2) is 0 Å². The van der Waals surface area contributed by atoms with E-state index < -0.39 is 6.10 Å². The molecule has 1 amide bonds. The Morgan fingerprint density at radius 2 is 2.14 bits per heavy atom. The van der Waals surface area contributed by atoms with Gasteiger partial charge >= 0.3 is 0 Å². The lowest BCUT2D eigenvalue weighted by atomic mass is 9.95. The molecule has 0 radical (unpaired) electrons. The second kappa shape index (κ2) is 7.73. The van der Waals surface area contributed by atoms with Crippen LogP contribution in [0, 0.1) is 5.92 Å². The van der Waals surface area contributed by atoms with Crippen LogP contribution in [0.2, 0.25) is 10.0 Å². The van der Waals surface area contributed by atoms with Gasteiger partial charge in [0.15, 0.2) is 6.10 Å². The van der Waals surface area contributed by atoms with Crippen LogP contribution >= 0.6 is 35.6 Å². The number of rotatable bonds is 6. The van der Waals surface area contributed by atoms with Crippen molar-refractivity contribution in [2.75, 3.05) is 6.54 Å². The van der Waals surface area contributed by atoms with Crippen molar-refractivity contribution in [3.05, 3.63) is 28.2 Å². The average Bonchev–Trinajstić information content (AvgIpc) is 3.28. The minimum atomic E-state index is -0.675. The molecule has 1 saturated carbocycles. The molecule has 1 aliphatic rings. The zero-order chi connectivity index (χ0) is 15.6. The molecule has 1 aromatic carbocycles. The summed E-state index contributed by atoms with van der Waals surface area (Å²) in [6.07, 6.45) is 1.53. The molecular weight excluding hydrogens is 347 g/mol. The second-order valence-electron chi connectivity index (χ2n) is 5.70. The number of nitrogens with two attached hydrogens (primary N) is 1. The lowest BCUT2D eigenvalue weighted by Crippen LogP contribution is -2.56. The lowest BCUT2D eigenvalue weighted by molar-refractivity contribution is -0.129. The van der Waals surface area contributed by atoms with Gasteiger partial charge in [0.1, 0.15) is 10.8 Å². The summed E-state index contributed by atoms with van der Waals surface area (Å²) < 4.78 is 5.61. The highest BCUT2D eigenvalue weighted by atomic mass is 35.5. The van der Waals surface area contributed by atoms with E-state index in [1.54, 1.807) is 25.1 Å². The van der Waals surface area contributed by atoms with Gasteiger partial charge in [0.05, 0.1) is 10.6 Å². The van der Waals surface area contributed by atoms with E-state index in [0.717, 1.165) is 12.8 Å². The van der Waals surface area contributed by atoms with Gasteiger partial charge in [0.25, 0.3) is 5.91 Å². The number of nitrogens with one attached hydrogen (secondary N) is 1. The molecule has 2 atom stereocenters. The molecule has 7 heteroatoms. The van der Waals surface area contributed by atoms with Crippen LogP contribution in [0.4, 0.5) is 0 Å². The Balaban J connectivity index is 0.00000242. The summed E-state index contributed by atoms with van der Waals surface area (Å²) in [5.74, 6) is 0.645. The highest BCUT2D eigenvalue weighted by Gasteiger charge is 2.42. The smallest absolute Gasteiger partial charge is 0.261 e. The SMILES string of the molecule is CC(Oc1cccc(Cl)c1Cl)C(=O)NC(C)(CN)C1CC1.Cl. The molecule has 4 nitrogen and oxygen atoms in total. The Morgan fingerprint density at radius 3 is 2.68 bits per heavy atom. The standard InChI is InChI=1S/C15H20Cl2N2O2.ClH/c1-9(21-12-5-3-4-11(16)13(12)17)14(20)19-15(2,8-18)10-6-7-10;/h3-5,9-10H,6-8,18H2,1-2H3,(H,19,20);1H. The first-order valence-corrected chi connectivity index (χ1v) is 7.75. The Kier molecular flexibility index (Phi) is 6.81. The summed E-state index contributed by atoms with van der Waals surface area (Å²) in [6.45, 7) is 4.06. The quantitative estimate of drug-likeness (QED) is 0.809. The number of ether oxygens (including phenoxy) is 1. The van der Waals surface area contributed by atoms with Gasteiger partial charge in [0, 0.05) is 6.54 Å². The van der Waals surface area contributed by atoms with E-state index >= 15 is 0 Å². The third-order valence-electron chi connectivity index (χ3n) is 3.90. The van der Waals surface area contributed by atoms with Gasteiger partial charge in [0.2, 0.25) is 0 Å². The van der Waals surface area contributed by atoms with Gasteiger partial charge in [-0.2, -0.15) is 0 Å². The molecule has 0 spiro atoms. The summed E-state index contributed by atoms with van der Waals surface area (Å²) in [6, 6.07) is 5.07. The zero-order valence-electron chi connectivity index (χ0n) is 12.6. The van der Waals surface area contributed by atoms with Gasteiger partial charge in [-0.3, -0.25) is 4.79 Å². The van der Waals surface area contributed by atoms with Crippen molar-refractivity contribution in [3.63, 3.8) is 0 Å². The van der Waals surface area contributed by atoms with Crippen LogP contribution in [0.15, 0.2) is 18.2 Å². The summed E-state index contributed by atoms with van der Waals surface area (Å²) in [5, 5.41) is 3.70. The number of carbonyl (C=O) groups excluding carboxylic acids is 1. The van der Waals surface area contributed by atoms with Crippen LogP contribution in [-0.2, 0) is 4.79 Å². The van der Waals surface area contributed by atoms with E-state index in [1.165, 1.54) is 0 Å². The molecule has 1 aromatic rings. The molecule has 0 saturated heterocycles. The molecule has 1 fully saturated rings. The Labute approximate surface area is 147 Å². The maximum atomic E-state index is 12.3. The fourth-order valence-electron chi connectivity index (χ4n) is 2.24. The van der Waals surface area contributed by atoms with E-state index in [9.17, 15) is 4.79 Å².